The smallest absolute Gasteiger partial charge is 0.235 e. The number of aryl methyl sites for hydroxylation is 1. The molecule has 3 aromatic rings. The van der Waals surface area contributed by atoms with Gasteiger partial charge in [0.05, 0.1) is 5.39 Å². The first-order valence-corrected chi connectivity index (χ1v) is 11.4. The molecule has 0 spiro atoms. The van der Waals surface area contributed by atoms with Crippen molar-refractivity contribution < 1.29 is 19.7 Å². The summed E-state index contributed by atoms with van der Waals surface area (Å²) in [6.45, 7) is 4.68. The number of fused-ring (bicyclic) bond motifs is 1. The maximum Gasteiger partial charge on any atom is 0.235 e. The van der Waals surface area contributed by atoms with Crippen LogP contribution < -0.4 is 21.8 Å². The lowest BCUT2D eigenvalue weighted by molar-refractivity contribution is 0.397. The van der Waals surface area contributed by atoms with Crippen LogP contribution in [0, 0.1) is 0 Å². The van der Waals surface area contributed by atoms with Crippen molar-refractivity contribution in [3.8, 4) is 28.6 Å². The molecule has 0 saturated carbocycles. The summed E-state index contributed by atoms with van der Waals surface area (Å²) in [5.41, 5.74) is 6.28. The Labute approximate surface area is 193 Å². The fourth-order valence-corrected chi connectivity index (χ4v) is 3.64. The molecular weight excluding hydrogens is 422 g/mol. The van der Waals surface area contributed by atoms with Gasteiger partial charge in [-0.3, -0.25) is 4.79 Å². The van der Waals surface area contributed by atoms with E-state index < -0.39 is 22.7 Å². The maximum atomic E-state index is 12.5. The summed E-state index contributed by atoms with van der Waals surface area (Å²) >= 11 is 0. The summed E-state index contributed by atoms with van der Waals surface area (Å²) in [4.78, 5) is 12.5. The minimum absolute atomic E-state index is 0.00136. The molecule has 0 aliphatic carbocycles. The zero-order valence-electron chi connectivity index (χ0n) is 18.8. The zero-order chi connectivity index (χ0) is 23.6. The lowest BCUT2D eigenvalue weighted by atomic mass is 10.0. The molecular formula is C25H33N3O5. The number of benzene rings is 2. The molecule has 0 bridgehead atoms. The Balaban J connectivity index is 1.50. The average Bonchev–Trinajstić information content (AvgIpc) is 2.82. The first-order valence-electron chi connectivity index (χ1n) is 11.4. The third-order valence-corrected chi connectivity index (χ3v) is 5.54. The van der Waals surface area contributed by atoms with E-state index in [2.05, 4.69) is 10.6 Å². The van der Waals surface area contributed by atoms with Crippen molar-refractivity contribution >= 4 is 11.0 Å². The van der Waals surface area contributed by atoms with E-state index in [1.54, 1.807) is 12.1 Å². The summed E-state index contributed by atoms with van der Waals surface area (Å²) < 4.78 is 5.60. The molecule has 7 N–H and O–H groups in total. The Morgan fingerprint density at radius 1 is 0.788 bits per heavy atom. The van der Waals surface area contributed by atoms with Gasteiger partial charge in [-0.1, -0.05) is 24.3 Å². The first kappa shape index (κ1) is 24.6. The minimum Gasteiger partial charge on any atom is -0.504 e. The van der Waals surface area contributed by atoms with Crippen LogP contribution in [-0.4, -0.2) is 48.0 Å². The molecule has 8 heteroatoms. The highest BCUT2D eigenvalue weighted by Gasteiger charge is 2.19. The highest BCUT2D eigenvalue weighted by atomic mass is 16.4. The van der Waals surface area contributed by atoms with Crippen molar-refractivity contribution in [2.45, 2.75) is 32.1 Å². The van der Waals surface area contributed by atoms with Crippen LogP contribution >= 0.6 is 0 Å². The van der Waals surface area contributed by atoms with Gasteiger partial charge in [-0.2, -0.15) is 0 Å². The summed E-state index contributed by atoms with van der Waals surface area (Å²) in [7, 11) is 0. The minimum atomic E-state index is -0.664. The SMILES string of the molecule is NCCCNCCCCNCCCc1ccc(-c2oc3c(O)c(O)ccc3c(=O)c2O)cc1. The Bertz CT molecular complexity index is 1100. The second kappa shape index (κ2) is 12.2. The van der Waals surface area contributed by atoms with Crippen molar-refractivity contribution in [1.29, 1.82) is 0 Å². The lowest BCUT2D eigenvalue weighted by Crippen LogP contribution is -2.21. The van der Waals surface area contributed by atoms with E-state index in [0.717, 1.165) is 70.4 Å². The van der Waals surface area contributed by atoms with Gasteiger partial charge < -0.3 is 36.1 Å². The molecule has 0 atom stereocenters. The van der Waals surface area contributed by atoms with Crippen molar-refractivity contribution in [1.82, 2.24) is 10.6 Å². The number of unbranched alkanes of at least 4 members (excludes halogenated alkanes) is 1. The molecule has 3 rings (SSSR count). The largest absolute Gasteiger partial charge is 0.504 e. The van der Waals surface area contributed by atoms with Crippen LogP contribution in [0.3, 0.4) is 0 Å². The van der Waals surface area contributed by atoms with Crippen LogP contribution in [0.5, 0.6) is 17.2 Å². The van der Waals surface area contributed by atoms with E-state index in [4.69, 9.17) is 10.2 Å². The topological polar surface area (TPSA) is 141 Å². The number of hydrogen-bond donors (Lipinski definition) is 6. The van der Waals surface area contributed by atoms with E-state index in [-0.39, 0.29) is 16.7 Å². The Morgan fingerprint density at radius 2 is 1.42 bits per heavy atom. The molecule has 0 aliphatic rings. The average molecular weight is 456 g/mol. The monoisotopic (exact) mass is 455 g/mol. The van der Waals surface area contributed by atoms with Crippen molar-refractivity contribution in [2.24, 2.45) is 5.73 Å². The van der Waals surface area contributed by atoms with Crippen LogP contribution in [0.1, 0.15) is 31.2 Å². The second-order valence-electron chi connectivity index (χ2n) is 8.07. The molecule has 0 aliphatic heterocycles. The third-order valence-electron chi connectivity index (χ3n) is 5.54. The van der Waals surface area contributed by atoms with Gasteiger partial charge in [0.2, 0.25) is 16.9 Å². The number of aromatic hydroxyl groups is 3. The van der Waals surface area contributed by atoms with Gasteiger partial charge >= 0.3 is 0 Å². The number of nitrogens with one attached hydrogen (secondary N) is 2. The Hall–Kier alpha value is -3.07. The van der Waals surface area contributed by atoms with Gasteiger partial charge in [0.25, 0.3) is 0 Å². The molecule has 0 fully saturated rings. The fourth-order valence-electron chi connectivity index (χ4n) is 3.64. The molecule has 0 radical (unpaired) electrons. The number of hydrogen-bond acceptors (Lipinski definition) is 8. The third kappa shape index (κ3) is 6.47. The van der Waals surface area contributed by atoms with Crippen LogP contribution in [0.4, 0.5) is 0 Å². The Kier molecular flexibility index (Phi) is 9.12. The zero-order valence-corrected chi connectivity index (χ0v) is 18.8. The molecule has 2 aromatic carbocycles. The van der Waals surface area contributed by atoms with Crippen LogP contribution in [0.15, 0.2) is 45.6 Å². The highest BCUT2D eigenvalue weighted by molar-refractivity contribution is 5.88. The molecule has 0 unspecified atom stereocenters. The summed E-state index contributed by atoms with van der Waals surface area (Å²) in [5, 5.41) is 36.9. The predicted molar refractivity (Wildman–Crippen MR) is 130 cm³/mol. The standard InChI is InChI=1S/C25H33N3O5/c26-12-4-16-28-14-2-1-13-27-15-3-5-17-6-8-18(9-7-17)24-23(32)21(30)19-10-11-20(29)22(31)25(19)33-24/h6-11,27-29,31-32H,1-5,12-16,26H2. The number of phenolic OH excluding ortho intramolecular Hbond substituents is 2. The van der Waals surface area contributed by atoms with E-state index in [9.17, 15) is 20.1 Å². The number of rotatable bonds is 13. The Morgan fingerprint density at radius 3 is 2.09 bits per heavy atom. The van der Waals surface area contributed by atoms with E-state index in [0.29, 0.717) is 5.56 Å². The molecule has 1 aromatic heterocycles. The number of nitrogens with two attached hydrogens (primary N) is 1. The van der Waals surface area contributed by atoms with Gasteiger partial charge in [0.15, 0.2) is 17.1 Å². The molecule has 33 heavy (non-hydrogen) atoms. The van der Waals surface area contributed by atoms with E-state index in [1.165, 1.54) is 12.1 Å². The summed E-state index contributed by atoms with van der Waals surface area (Å²) in [6, 6.07) is 9.87. The second-order valence-corrected chi connectivity index (χ2v) is 8.07. The molecule has 1 heterocycles. The molecule has 0 saturated heterocycles. The van der Waals surface area contributed by atoms with Crippen molar-refractivity contribution in [3.05, 3.63) is 52.2 Å². The van der Waals surface area contributed by atoms with Crippen LogP contribution in [0.25, 0.3) is 22.3 Å². The fraction of sp³-hybridized carbons (Fsp3) is 0.400. The van der Waals surface area contributed by atoms with Gasteiger partial charge in [-0.25, -0.2) is 0 Å². The molecule has 178 valence electrons. The lowest BCUT2D eigenvalue weighted by Gasteiger charge is -2.09. The van der Waals surface area contributed by atoms with Crippen molar-refractivity contribution in [2.75, 3.05) is 32.7 Å². The van der Waals surface area contributed by atoms with E-state index >= 15 is 0 Å². The van der Waals surface area contributed by atoms with Crippen molar-refractivity contribution in [3.63, 3.8) is 0 Å². The van der Waals surface area contributed by atoms with Gasteiger partial charge in [0, 0.05) is 5.56 Å². The molecule has 0 amide bonds. The predicted octanol–water partition coefficient (Wildman–Crippen LogP) is 2.82. The quantitative estimate of drug-likeness (QED) is 0.171. The number of phenols is 2. The van der Waals surface area contributed by atoms with Gasteiger partial charge in [0.1, 0.15) is 0 Å². The van der Waals surface area contributed by atoms with Crippen LogP contribution in [-0.2, 0) is 6.42 Å². The summed E-state index contributed by atoms with van der Waals surface area (Å²) in [6.07, 6.45) is 5.20. The van der Waals surface area contributed by atoms with Gasteiger partial charge in [-0.05, 0) is 82.5 Å². The first-order chi connectivity index (χ1) is 16.0. The maximum absolute atomic E-state index is 12.5. The van der Waals surface area contributed by atoms with Gasteiger partial charge in [-0.15, -0.1) is 0 Å². The summed E-state index contributed by atoms with van der Waals surface area (Å²) in [5.74, 6) is -1.50. The molecule has 8 nitrogen and oxygen atoms in total. The normalized spacial score (nSPS) is 11.3. The van der Waals surface area contributed by atoms with Crippen LogP contribution in [0.2, 0.25) is 0 Å². The van der Waals surface area contributed by atoms with E-state index in [1.807, 2.05) is 12.1 Å². The highest BCUT2D eigenvalue weighted by Crippen LogP contribution is 2.37.